The van der Waals surface area contributed by atoms with Gasteiger partial charge in [-0.2, -0.15) is 0 Å². The normalized spacial score (nSPS) is 13.2. The van der Waals surface area contributed by atoms with E-state index < -0.39 is 12.1 Å². The molecule has 0 saturated carbocycles. The van der Waals surface area contributed by atoms with Gasteiger partial charge in [0.05, 0.1) is 7.11 Å². The highest BCUT2D eigenvalue weighted by Gasteiger charge is 2.09. The first-order valence-electron chi connectivity index (χ1n) is 2.10. The number of rotatable bonds is 3. The van der Waals surface area contributed by atoms with E-state index in [1.165, 1.54) is 14.0 Å². The Morgan fingerprint density at radius 3 is 2.38 bits per heavy atom. The van der Waals surface area contributed by atoms with Crippen molar-refractivity contribution in [2.75, 3.05) is 7.11 Å². The summed E-state index contributed by atoms with van der Waals surface area (Å²) in [5.41, 5.74) is 0. The van der Waals surface area contributed by atoms with Crippen molar-refractivity contribution in [3.63, 3.8) is 0 Å². The zero-order valence-electron chi connectivity index (χ0n) is 4.75. The highest BCUT2D eigenvalue weighted by Crippen LogP contribution is 1.87. The Bertz CT molecular complexity index is 80.1. The molecule has 0 aliphatic rings. The van der Waals surface area contributed by atoms with Crippen molar-refractivity contribution >= 4 is 5.97 Å². The molecule has 0 radical (unpaired) electrons. The zero-order chi connectivity index (χ0) is 6.57. The van der Waals surface area contributed by atoms with Crippen LogP contribution in [0.2, 0.25) is 0 Å². The van der Waals surface area contributed by atoms with Gasteiger partial charge in [0.25, 0.3) is 0 Å². The first-order valence-corrected chi connectivity index (χ1v) is 2.10. The number of hydrogen-bond donors (Lipinski definition) is 1. The first kappa shape index (κ1) is 7.39. The number of carbonyl (C=O) groups is 1. The van der Waals surface area contributed by atoms with Crippen LogP contribution in [0.3, 0.4) is 0 Å². The lowest BCUT2D eigenvalue weighted by atomic mass is 10.4. The molecule has 1 N–H and O–H groups in total. The number of hydrogen-bond acceptors (Lipinski definition) is 3. The maximum atomic E-state index is 9.88. The third-order valence-corrected chi connectivity index (χ3v) is 0.588. The van der Waals surface area contributed by atoms with Crippen LogP contribution < -0.4 is 0 Å². The maximum Gasteiger partial charge on any atom is 0.335 e. The Hall–Kier alpha value is -0.610. The minimum Gasteiger partial charge on any atom is -0.479 e. The van der Waals surface area contributed by atoms with E-state index in [0.717, 1.165) is 0 Å². The maximum absolute atomic E-state index is 9.88. The molecule has 0 aromatic heterocycles. The van der Waals surface area contributed by atoms with E-state index in [-0.39, 0.29) is 0 Å². The van der Waals surface area contributed by atoms with Gasteiger partial charge < -0.3 is 5.11 Å². The Morgan fingerprint density at radius 2 is 2.25 bits per heavy atom. The molecule has 1 unspecified atom stereocenters. The van der Waals surface area contributed by atoms with Crippen LogP contribution in [-0.4, -0.2) is 24.3 Å². The quantitative estimate of drug-likeness (QED) is 0.422. The molecule has 0 amide bonds. The van der Waals surface area contributed by atoms with Gasteiger partial charge in [-0.05, 0) is 6.92 Å². The summed E-state index contributed by atoms with van der Waals surface area (Å²) in [6.45, 7) is 1.38. The minimum atomic E-state index is -1.04. The van der Waals surface area contributed by atoms with Crippen molar-refractivity contribution in [3.8, 4) is 0 Å². The van der Waals surface area contributed by atoms with Crippen LogP contribution in [0.15, 0.2) is 0 Å². The Balaban J connectivity index is 3.32. The molecule has 8 heavy (non-hydrogen) atoms. The summed E-state index contributed by atoms with van der Waals surface area (Å²) in [6, 6.07) is 0. The molecule has 0 saturated heterocycles. The van der Waals surface area contributed by atoms with Gasteiger partial charge in [-0.1, -0.05) is 0 Å². The van der Waals surface area contributed by atoms with Gasteiger partial charge in [0.1, 0.15) is 0 Å². The van der Waals surface area contributed by atoms with Gasteiger partial charge in [0.2, 0.25) is 0 Å². The highest BCUT2D eigenvalue weighted by atomic mass is 17.2. The van der Waals surface area contributed by atoms with Crippen LogP contribution >= 0.6 is 0 Å². The molecule has 0 aliphatic carbocycles. The van der Waals surface area contributed by atoms with Crippen molar-refractivity contribution in [1.82, 2.24) is 0 Å². The lowest BCUT2D eigenvalue weighted by Crippen LogP contribution is -2.18. The Kier molecular flexibility index (Phi) is 3.14. The van der Waals surface area contributed by atoms with E-state index in [2.05, 4.69) is 9.78 Å². The third-order valence-electron chi connectivity index (χ3n) is 0.588. The fourth-order valence-corrected chi connectivity index (χ4v) is 0.185. The monoisotopic (exact) mass is 120 g/mol. The molecule has 0 aromatic carbocycles. The molecule has 0 fully saturated rings. The number of carboxylic acid groups (broad SMARTS) is 1. The average Bonchev–Trinajstić information content (AvgIpc) is 1.67. The predicted molar refractivity (Wildman–Crippen MR) is 25.2 cm³/mol. The number of aliphatic carboxylic acids is 1. The molecular formula is C4H8O4. The minimum absolute atomic E-state index is 0.889. The van der Waals surface area contributed by atoms with Crippen LogP contribution in [0.1, 0.15) is 6.92 Å². The lowest BCUT2D eigenvalue weighted by molar-refractivity contribution is -0.297. The van der Waals surface area contributed by atoms with E-state index in [1.54, 1.807) is 0 Å². The summed E-state index contributed by atoms with van der Waals surface area (Å²) >= 11 is 0. The second-order valence-electron chi connectivity index (χ2n) is 1.24. The van der Waals surface area contributed by atoms with E-state index in [9.17, 15) is 4.79 Å². The molecule has 4 nitrogen and oxygen atoms in total. The van der Waals surface area contributed by atoms with E-state index in [0.29, 0.717) is 0 Å². The molecule has 0 aromatic rings. The standard InChI is InChI=1S/C4H8O4/c1-3(4(5)6)8-7-2/h3H,1-2H3,(H,5,6). The molecule has 48 valence electrons. The molecule has 4 heteroatoms. The van der Waals surface area contributed by atoms with Crippen LogP contribution in [0, 0.1) is 0 Å². The molecule has 1 atom stereocenters. The Labute approximate surface area is 46.9 Å². The fraction of sp³-hybridized carbons (Fsp3) is 0.750. The van der Waals surface area contributed by atoms with E-state index in [1.807, 2.05) is 0 Å². The first-order chi connectivity index (χ1) is 3.68. The molecule has 0 heterocycles. The van der Waals surface area contributed by atoms with Gasteiger partial charge in [-0.3, -0.25) is 0 Å². The highest BCUT2D eigenvalue weighted by molar-refractivity contribution is 5.71. The largest absolute Gasteiger partial charge is 0.479 e. The molecule has 0 rings (SSSR count). The molecule has 0 bridgehead atoms. The third kappa shape index (κ3) is 2.54. The average molecular weight is 120 g/mol. The molecule has 0 aliphatic heterocycles. The summed E-state index contributed by atoms with van der Waals surface area (Å²) < 4.78 is 0. The molecular weight excluding hydrogens is 112 g/mol. The van der Waals surface area contributed by atoms with Crippen LogP contribution in [-0.2, 0) is 14.6 Å². The second kappa shape index (κ2) is 3.40. The van der Waals surface area contributed by atoms with Gasteiger partial charge in [0.15, 0.2) is 6.10 Å². The van der Waals surface area contributed by atoms with Gasteiger partial charge >= 0.3 is 5.97 Å². The number of carboxylic acids is 1. The topological polar surface area (TPSA) is 55.8 Å². The van der Waals surface area contributed by atoms with Crippen molar-refractivity contribution in [1.29, 1.82) is 0 Å². The van der Waals surface area contributed by atoms with E-state index >= 15 is 0 Å². The van der Waals surface area contributed by atoms with Crippen LogP contribution in [0.5, 0.6) is 0 Å². The molecule has 0 spiro atoms. The van der Waals surface area contributed by atoms with Crippen molar-refractivity contribution < 1.29 is 19.7 Å². The van der Waals surface area contributed by atoms with Gasteiger partial charge in [-0.25, -0.2) is 14.6 Å². The smallest absolute Gasteiger partial charge is 0.335 e. The SMILES string of the molecule is COOC(C)C(=O)O. The van der Waals surface area contributed by atoms with Crippen molar-refractivity contribution in [2.24, 2.45) is 0 Å². The summed E-state index contributed by atoms with van der Waals surface area (Å²) in [4.78, 5) is 18.2. The summed E-state index contributed by atoms with van der Waals surface area (Å²) in [7, 11) is 1.26. The van der Waals surface area contributed by atoms with Crippen LogP contribution in [0.25, 0.3) is 0 Å². The lowest BCUT2D eigenvalue weighted by Gasteiger charge is -2.01. The van der Waals surface area contributed by atoms with Crippen molar-refractivity contribution in [2.45, 2.75) is 13.0 Å². The van der Waals surface area contributed by atoms with E-state index in [4.69, 9.17) is 5.11 Å². The second-order valence-corrected chi connectivity index (χ2v) is 1.24. The Morgan fingerprint density at radius 1 is 1.75 bits per heavy atom. The summed E-state index contributed by atoms with van der Waals surface area (Å²) in [5, 5.41) is 8.11. The summed E-state index contributed by atoms with van der Waals surface area (Å²) in [5.74, 6) is -1.04. The van der Waals surface area contributed by atoms with Crippen LogP contribution in [0.4, 0.5) is 0 Å². The summed E-state index contributed by atoms with van der Waals surface area (Å²) in [6.07, 6.45) is -0.889. The zero-order valence-corrected chi connectivity index (χ0v) is 4.75. The fourth-order valence-electron chi connectivity index (χ4n) is 0.185. The van der Waals surface area contributed by atoms with Gasteiger partial charge in [-0.15, -0.1) is 0 Å². The predicted octanol–water partition coefficient (Wildman–Crippen LogP) is 0.0375. The van der Waals surface area contributed by atoms with Gasteiger partial charge in [0, 0.05) is 0 Å². The van der Waals surface area contributed by atoms with Crippen molar-refractivity contribution in [3.05, 3.63) is 0 Å².